The fourth-order valence-corrected chi connectivity index (χ4v) is 11.8. The molecule has 7 atom stereocenters. The molecule has 4 aliphatic heterocycles. The molecule has 0 unspecified atom stereocenters. The van der Waals surface area contributed by atoms with E-state index in [9.17, 15) is 13.2 Å². The highest BCUT2D eigenvalue weighted by molar-refractivity contribution is 7.90. The summed E-state index contributed by atoms with van der Waals surface area (Å²) in [6.07, 6.45) is 8.42. The van der Waals surface area contributed by atoms with Gasteiger partial charge in [0.2, 0.25) is 10.0 Å². The van der Waals surface area contributed by atoms with Crippen molar-refractivity contribution in [2.45, 2.75) is 81.9 Å². The third-order valence-corrected chi connectivity index (χ3v) is 15.8. The zero-order valence-corrected chi connectivity index (χ0v) is 31.9. The molecule has 6 aliphatic rings. The van der Waals surface area contributed by atoms with Gasteiger partial charge in [-0.3, -0.25) is 9.69 Å². The van der Waals surface area contributed by atoms with Crippen molar-refractivity contribution < 1.29 is 22.7 Å². The van der Waals surface area contributed by atoms with Crippen LogP contribution in [0, 0.1) is 23.7 Å². The molecule has 2 aromatic carbocycles. The maximum atomic E-state index is 13.6. The number of aryl methyl sites for hydroxylation is 1. The maximum absolute atomic E-state index is 13.6. The van der Waals surface area contributed by atoms with Crippen molar-refractivity contribution in [1.82, 2.24) is 14.5 Å². The number of amides is 1. The lowest BCUT2D eigenvalue weighted by molar-refractivity contribution is -0.0519. The molecule has 2 bridgehead atoms. The zero-order valence-electron chi connectivity index (χ0n) is 30.3. The van der Waals surface area contributed by atoms with Crippen molar-refractivity contribution in [3.63, 3.8) is 0 Å². The third-order valence-electron chi connectivity index (χ3n) is 13.6. The van der Waals surface area contributed by atoms with Gasteiger partial charge < -0.3 is 19.3 Å². The monoisotopic (exact) mass is 738 g/mol. The number of carbonyl (C=O) groups is 1. The van der Waals surface area contributed by atoms with Crippen molar-refractivity contribution in [2.24, 2.45) is 23.7 Å². The summed E-state index contributed by atoms with van der Waals surface area (Å²) in [5.74, 6) is 1.80. The van der Waals surface area contributed by atoms with Crippen LogP contribution >= 0.6 is 11.6 Å². The van der Waals surface area contributed by atoms with E-state index >= 15 is 0 Å². The van der Waals surface area contributed by atoms with E-state index in [1.165, 1.54) is 24.0 Å². The van der Waals surface area contributed by atoms with Crippen LogP contribution in [0.25, 0.3) is 0 Å². The number of nitrogens with zero attached hydrogens (tertiary/aromatic N) is 3. The molecule has 1 saturated carbocycles. The molecule has 4 heterocycles. The summed E-state index contributed by atoms with van der Waals surface area (Å²) in [7, 11) is -3.87. The van der Waals surface area contributed by atoms with Gasteiger partial charge in [-0.05, 0) is 117 Å². The predicted octanol–water partition coefficient (Wildman–Crippen LogP) is 5.74. The van der Waals surface area contributed by atoms with Gasteiger partial charge in [0.15, 0.2) is 0 Å². The summed E-state index contributed by atoms with van der Waals surface area (Å²) in [6.45, 7) is 13.0. The Morgan fingerprint density at radius 2 is 1.88 bits per heavy atom. The molecule has 2 aliphatic carbocycles. The second-order valence-corrected chi connectivity index (χ2v) is 19.1. The summed E-state index contributed by atoms with van der Waals surface area (Å²) in [6, 6.07) is 12.3. The van der Waals surface area contributed by atoms with Gasteiger partial charge in [0.25, 0.3) is 5.91 Å². The smallest absolute Gasteiger partial charge is 0.264 e. The molecule has 2 saturated heterocycles. The quantitative estimate of drug-likeness (QED) is 0.418. The highest BCUT2D eigenvalue weighted by atomic mass is 35.5. The molecule has 0 aromatic heterocycles. The number of halogens is 1. The van der Waals surface area contributed by atoms with Crippen LogP contribution in [0.2, 0.25) is 5.02 Å². The van der Waals surface area contributed by atoms with Crippen molar-refractivity contribution in [1.29, 1.82) is 0 Å². The van der Waals surface area contributed by atoms with Crippen LogP contribution in [-0.4, -0.2) is 101 Å². The number of hydrogen-bond acceptors (Lipinski definition) is 8. The number of morpholine rings is 1. The molecule has 51 heavy (non-hydrogen) atoms. The number of ether oxygens (including phenoxy) is 2. The Balaban J connectivity index is 1.14. The molecule has 0 radical (unpaired) electrons. The van der Waals surface area contributed by atoms with Crippen LogP contribution in [0.15, 0.2) is 36.4 Å². The van der Waals surface area contributed by atoms with E-state index in [0.29, 0.717) is 36.0 Å². The van der Waals surface area contributed by atoms with Crippen LogP contribution in [0.4, 0.5) is 5.69 Å². The minimum absolute atomic E-state index is 0.0654. The average Bonchev–Trinajstić information content (AvgIpc) is 3.25. The number of piperazine rings is 1. The van der Waals surface area contributed by atoms with Crippen molar-refractivity contribution >= 4 is 33.2 Å². The van der Waals surface area contributed by atoms with Crippen LogP contribution in [0.1, 0.15) is 80.3 Å². The lowest BCUT2D eigenvalue weighted by atomic mass is 9.65. The zero-order chi connectivity index (χ0) is 35.3. The van der Waals surface area contributed by atoms with E-state index < -0.39 is 21.2 Å². The van der Waals surface area contributed by atoms with E-state index in [0.717, 1.165) is 114 Å². The number of rotatable bonds is 2. The first kappa shape index (κ1) is 35.6. The number of hydrogen-bond donors (Lipinski definition) is 1. The highest BCUT2D eigenvalue weighted by Gasteiger charge is 2.45. The molecule has 1 spiro atoms. The van der Waals surface area contributed by atoms with E-state index in [-0.39, 0.29) is 11.3 Å². The number of nitrogens with one attached hydrogen (secondary N) is 1. The largest absolute Gasteiger partial charge is 0.490 e. The van der Waals surface area contributed by atoms with E-state index in [4.69, 9.17) is 21.1 Å². The van der Waals surface area contributed by atoms with Gasteiger partial charge in [0, 0.05) is 67.9 Å². The average molecular weight is 739 g/mol. The normalized spacial score (nSPS) is 34.6. The molecule has 1 N–H and O–H groups in total. The fourth-order valence-electron chi connectivity index (χ4n) is 10.3. The molecule has 9 nitrogen and oxygen atoms in total. The Bertz CT molecular complexity index is 1720. The first-order valence-corrected chi connectivity index (χ1v) is 21.4. The van der Waals surface area contributed by atoms with Crippen LogP contribution in [0.5, 0.6) is 5.75 Å². The lowest BCUT2D eigenvalue weighted by Crippen LogP contribution is -2.59. The third kappa shape index (κ3) is 7.17. The molecule has 2 aromatic rings. The number of fused-ring (bicyclic) bond motifs is 5. The highest BCUT2D eigenvalue weighted by Crippen LogP contribution is 2.48. The van der Waals surface area contributed by atoms with Gasteiger partial charge in [-0.2, -0.15) is 0 Å². The molecular formula is C40H55ClN4O5S. The van der Waals surface area contributed by atoms with Gasteiger partial charge in [-0.1, -0.05) is 31.0 Å². The van der Waals surface area contributed by atoms with Gasteiger partial charge in [-0.15, -0.1) is 0 Å². The summed E-state index contributed by atoms with van der Waals surface area (Å²) < 4.78 is 42.1. The Hall–Kier alpha value is -2.37. The lowest BCUT2D eigenvalue weighted by Gasteiger charge is -2.49. The number of sulfonamides is 1. The van der Waals surface area contributed by atoms with Crippen LogP contribution < -0.4 is 14.4 Å². The second kappa shape index (κ2) is 14.5. The van der Waals surface area contributed by atoms with Gasteiger partial charge in [0.05, 0.1) is 30.8 Å². The molecular weight excluding hydrogens is 684 g/mol. The minimum Gasteiger partial charge on any atom is -0.490 e. The van der Waals surface area contributed by atoms with Crippen molar-refractivity contribution in [3.05, 3.63) is 58.1 Å². The Morgan fingerprint density at radius 1 is 1.00 bits per heavy atom. The number of carbonyl (C=O) groups excluding carboxylic acids is 1. The molecule has 1 amide bonds. The van der Waals surface area contributed by atoms with E-state index in [1.54, 1.807) is 13.0 Å². The Labute approximate surface area is 309 Å². The summed E-state index contributed by atoms with van der Waals surface area (Å²) in [4.78, 5) is 21.4. The molecule has 11 heteroatoms. The Morgan fingerprint density at radius 3 is 2.73 bits per heavy atom. The molecule has 8 rings (SSSR count). The first-order chi connectivity index (χ1) is 24.6. The molecule has 278 valence electrons. The SMILES string of the molecule is C[C@@H]1[C@@H](C)CCC[C@@H](CN2CCN3CCOC[C@H]3C2)[C@@H]2CC[C@H]2CN2C[C@@]3(CCCc4cc(Cl)ccc43)COc3ccc(cc32)C(=O)NS1(=O)=O. The van der Waals surface area contributed by atoms with Crippen molar-refractivity contribution in [3.8, 4) is 5.75 Å². The Kier molecular flexibility index (Phi) is 10.1. The van der Waals surface area contributed by atoms with Crippen LogP contribution in [-0.2, 0) is 26.6 Å². The van der Waals surface area contributed by atoms with E-state index in [1.807, 2.05) is 25.1 Å². The van der Waals surface area contributed by atoms with E-state index in [2.05, 4.69) is 31.6 Å². The minimum atomic E-state index is -3.87. The van der Waals surface area contributed by atoms with Gasteiger partial charge >= 0.3 is 0 Å². The van der Waals surface area contributed by atoms with Gasteiger partial charge in [-0.25, -0.2) is 13.1 Å². The summed E-state index contributed by atoms with van der Waals surface area (Å²) in [5.41, 5.74) is 3.65. The summed E-state index contributed by atoms with van der Waals surface area (Å²) in [5, 5.41) is 0.0905. The standard InChI is InChI=1S/C40H55ClN4O5S/c1-27-5-3-6-31(21-43-15-16-44-17-18-49-24-34(44)23-43)35-11-8-32(35)22-45-25-40(14-4-7-29-19-33(41)10-12-36(29)40)26-50-38-13-9-30(20-37(38)45)39(46)42-51(47,48)28(27)2/h9-10,12-13,19-20,27-28,31-32,34-35H,3-8,11,14-18,21-26H2,1-2H3,(H,42,46)/t27-,28+,31-,32-,34+,35-,40-/m0/s1. The number of anilines is 1. The van der Waals surface area contributed by atoms with Crippen molar-refractivity contribution in [2.75, 3.05) is 70.5 Å². The molecule has 3 fully saturated rings. The second-order valence-electron chi connectivity index (χ2n) is 16.7. The maximum Gasteiger partial charge on any atom is 0.264 e. The topological polar surface area (TPSA) is 91.4 Å². The fraction of sp³-hybridized carbons (Fsp3) is 0.675. The first-order valence-electron chi connectivity index (χ1n) is 19.5. The van der Waals surface area contributed by atoms with Gasteiger partial charge in [0.1, 0.15) is 5.75 Å². The predicted molar refractivity (Wildman–Crippen MR) is 201 cm³/mol. The number of benzene rings is 2. The van der Waals surface area contributed by atoms with Crippen LogP contribution in [0.3, 0.4) is 0 Å². The summed E-state index contributed by atoms with van der Waals surface area (Å²) >= 11 is 6.50.